The Bertz CT molecular complexity index is 544. The average Bonchev–Trinajstić information content (AvgIpc) is 2.22. The Morgan fingerprint density at radius 2 is 1.83 bits per heavy atom. The van der Waals surface area contributed by atoms with Crippen LogP contribution in [0.3, 0.4) is 0 Å². The van der Waals surface area contributed by atoms with Crippen LogP contribution < -0.4 is 5.73 Å². The fraction of sp³-hybridized carbons (Fsp3) is 0.455. The molecule has 0 heterocycles. The number of anilines is 1. The Morgan fingerprint density at radius 3 is 2.33 bits per heavy atom. The van der Waals surface area contributed by atoms with Crippen molar-refractivity contribution in [3.05, 3.63) is 23.8 Å². The fourth-order valence-corrected chi connectivity index (χ4v) is 2.93. The third-order valence-electron chi connectivity index (χ3n) is 2.36. The van der Waals surface area contributed by atoms with Gasteiger partial charge in [-0.25, -0.2) is 21.5 Å². The Balaban J connectivity index is 3.24. The van der Waals surface area contributed by atoms with E-state index in [1.807, 2.05) is 13.8 Å². The van der Waals surface area contributed by atoms with Crippen LogP contribution in [0.15, 0.2) is 17.0 Å². The second-order valence-electron chi connectivity index (χ2n) is 4.48. The van der Waals surface area contributed by atoms with Gasteiger partial charge in [0.25, 0.3) is 0 Å². The zero-order valence-electron chi connectivity index (χ0n) is 10.4. The van der Waals surface area contributed by atoms with Crippen molar-refractivity contribution in [1.82, 2.24) is 4.31 Å². The van der Waals surface area contributed by atoms with Gasteiger partial charge >= 0.3 is 0 Å². The van der Waals surface area contributed by atoms with Gasteiger partial charge in [-0.1, -0.05) is 13.8 Å². The summed E-state index contributed by atoms with van der Waals surface area (Å²) in [5.74, 6) is -2.03. The molecule has 0 spiro atoms. The molecule has 1 rings (SSSR count). The normalized spacial score (nSPS) is 12.4. The summed E-state index contributed by atoms with van der Waals surface area (Å²) in [5, 5.41) is 0. The van der Waals surface area contributed by atoms with Crippen LogP contribution in [0.1, 0.15) is 13.8 Å². The SMILES string of the molecule is CC(C)CN(C)S(=O)(=O)c1cc(N)c(F)cc1F. The molecule has 0 aromatic heterocycles. The number of hydrogen-bond acceptors (Lipinski definition) is 3. The topological polar surface area (TPSA) is 63.4 Å². The summed E-state index contributed by atoms with van der Waals surface area (Å²) < 4.78 is 51.6. The number of halogens is 2. The van der Waals surface area contributed by atoms with Crippen molar-refractivity contribution >= 4 is 15.7 Å². The van der Waals surface area contributed by atoms with Gasteiger partial charge in [-0.3, -0.25) is 0 Å². The van der Waals surface area contributed by atoms with E-state index in [1.165, 1.54) is 7.05 Å². The Morgan fingerprint density at radius 1 is 1.28 bits per heavy atom. The van der Waals surface area contributed by atoms with Crippen LogP contribution in [0.4, 0.5) is 14.5 Å². The molecule has 2 N–H and O–H groups in total. The van der Waals surface area contributed by atoms with E-state index in [1.54, 1.807) is 0 Å². The van der Waals surface area contributed by atoms with Crippen LogP contribution in [-0.2, 0) is 10.0 Å². The van der Waals surface area contributed by atoms with Gasteiger partial charge < -0.3 is 5.73 Å². The second kappa shape index (κ2) is 5.19. The van der Waals surface area contributed by atoms with E-state index in [2.05, 4.69) is 0 Å². The molecule has 0 saturated carbocycles. The van der Waals surface area contributed by atoms with Gasteiger partial charge in [-0.15, -0.1) is 0 Å². The third-order valence-corrected chi connectivity index (χ3v) is 4.20. The summed E-state index contributed by atoms with van der Waals surface area (Å²) in [6.45, 7) is 3.90. The first kappa shape index (κ1) is 14.8. The van der Waals surface area contributed by atoms with Crippen molar-refractivity contribution in [3.63, 3.8) is 0 Å². The maximum atomic E-state index is 13.5. The van der Waals surface area contributed by atoms with Crippen LogP contribution in [0, 0.1) is 17.6 Å². The molecule has 1 aromatic rings. The van der Waals surface area contributed by atoms with Gasteiger partial charge in [0.2, 0.25) is 10.0 Å². The molecule has 0 saturated heterocycles. The van der Waals surface area contributed by atoms with Crippen molar-refractivity contribution in [2.45, 2.75) is 18.7 Å². The van der Waals surface area contributed by atoms with Crippen LogP contribution >= 0.6 is 0 Å². The largest absolute Gasteiger partial charge is 0.396 e. The maximum absolute atomic E-state index is 13.5. The van der Waals surface area contributed by atoms with Gasteiger partial charge in [0.05, 0.1) is 5.69 Å². The summed E-state index contributed by atoms with van der Waals surface area (Å²) in [4.78, 5) is -0.607. The number of nitrogen functional groups attached to an aromatic ring is 1. The monoisotopic (exact) mass is 278 g/mol. The number of rotatable bonds is 4. The fourth-order valence-electron chi connectivity index (χ4n) is 1.52. The molecule has 0 bridgehead atoms. The van der Waals surface area contributed by atoms with Gasteiger partial charge in [0, 0.05) is 19.7 Å². The zero-order chi connectivity index (χ0) is 14.1. The first-order valence-electron chi connectivity index (χ1n) is 5.37. The van der Waals surface area contributed by atoms with Crippen molar-refractivity contribution in [1.29, 1.82) is 0 Å². The molecule has 0 fully saturated rings. The van der Waals surface area contributed by atoms with Crippen molar-refractivity contribution in [3.8, 4) is 0 Å². The van der Waals surface area contributed by atoms with E-state index in [0.717, 1.165) is 10.4 Å². The molecule has 0 atom stereocenters. The van der Waals surface area contributed by atoms with Crippen LogP contribution in [0.25, 0.3) is 0 Å². The number of nitrogens with two attached hydrogens (primary N) is 1. The molecule has 0 unspecified atom stereocenters. The molecule has 1 aromatic carbocycles. The van der Waals surface area contributed by atoms with Crippen LogP contribution in [-0.4, -0.2) is 26.3 Å². The van der Waals surface area contributed by atoms with E-state index in [0.29, 0.717) is 6.07 Å². The lowest BCUT2D eigenvalue weighted by Gasteiger charge is -2.19. The minimum absolute atomic E-state index is 0.0885. The number of benzene rings is 1. The van der Waals surface area contributed by atoms with Gasteiger partial charge in [-0.05, 0) is 12.0 Å². The molecule has 0 amide bonds. The molecule has 4 nitrogen and oxygen atoms in total. The molecule has 102 valence electrons. The van der Waals surface area contributed by atoms with Crippen molar-refractivity contribution < 1.29 is 17.2 Å². The number of hydrogen-bond donors (Lipinski definition) is 1. The smallest absolute Gasteiger partial charge is 0.245 e. The van der Waals surface area contributed by atoms with Crippen LogP contribution in [0.5, 0.6) is 0 Å². The van der Waals surface area contributed by atoms with E-state index >= 15 is 0 Å². The Kier molecular flexibility index (Phi) is 4.28. The predicted octanol–water partition coefficient (Wildman–Crippen LogP) is 1.82. The Hall–Kier alpha value is -1.21. The molecular weight excluding hydrogens is 262 g/mol. The highest BCUT2D eigenvalue weighted by atomic mass is 32.2. The standard InChI is InChI=1S/C11H16F2N2O2S/c1-7(2)6-15(3)18(16,17)11-5-10(14)8(12)4-9(11)13/h4-5,7H,6,14H2,1-3H3. The van der Waals surface area contributed by atoms with Gasteiger partial charge in [0.1, 0.15) is 16.5 Å². The van der Waals surface area contributed by atoms with Crippen molar-refractivity contribution in [2.75, 3.05) is 19.3 Å². The lowest BCUT2D eigenvalue weighted by molar-refractivity contribution is 0.413. The maximum Gasteiger partial charge on any atom is 0.245 e. The van der Waals surface area contributed by atoms with E-state index in [-0.39, 0.29) is 12.5 Å². The molecule has 7 heteroatoms. The highest BCUT2D eigenvalue weighted by molar-refractivity contribution is 7.89. The molecule has 18 heavy (non-hydrogen) atoms. The summed E-state index contributed by atoms with van der Waals surface area (Å²) >= 11 is 0. The van der Waals surface area contributed by atoms with Crippen molar-refractivity contribution in [2.24, 2.45) is 5.92 Å². The summed E-state index contributed by atoms with van der Waals surface area (Å²) in [6.07, 6.45) is 0. The van der Waals surface area contributed by atoms with Crippen LogP contribution in [0.2, 0.25) is 0 Å². The second-order valence-corrected chi connectivity index (χ2v) is 6.50. The van der Waals surface area contributed by atoms with E-state index < -0.39 is 32.2 Å². The first-order valence-corrected chi connectivity index (χ1v) is 6.81. The molecule has 0 aliphatic rings. The molecule has 0 aliphatic heterocycles. The van der Waals surface area contributed by atoms with E-state index in [4.69, 9.17) is 5.73 Å². The average molecular weight is 278 g/mol. The highest BCUT2D eigenvalue weighted by Crippen LogP contribution is 2.23. The summed E-state index contributed by atoms with van der Waals surface area (Å²) in [6, 6.07) is 1.28. The first-order chi connectivity index (χ1) is 8.16. The van der Waals surface area contributed by atoms with Gasteiger partial charge in [-0.2, -0.15) is 0 Å². The molecule has 0 radical (unpaired) electrons. The summed E-state index contributed by atoms with van der Waals surface area (Å²) in [5.41, 5.74) is 4.87. The predicted molar refractivity (Wildman–Crippen MR) is 65.4 cm³/mol. The number of nitrogens with zero attached hydrogens (tertiary/aromatic N) is 1. The van der Waals surface area contributed by atoms with E-state index in [9.17, 15) is 17.2 Å². The lowest BCUT2D eigenvalue weighted by Crippen LogP contribution is -2.31. The number of sulfonamides is 1. The zero-order valence-corrected chi connectivity index (χ0v) is 11.3. The molecular formula is C11H16F2N2O2S. The minimum Gasteiger partial charge on any atom is -0.396 e. The minimum atomic E-state index is -3.99. The Labute approximate surface area is 105 Å². The molecule has 0 aliphatic carbocycles. The summed E-state index contributed by atoms with van der Waals surface area (Å²) in [7, 11) is -2.65. The third kappa shape index (κ3) is 2.97. The lowest BCUT2D eigenvalue weighted by atomic mass is 10.2. The van der Waals surface area contributed by atoms with Gasteiger partial charge in [0.15, 0.2) is 0 Å². The quantitative estimate of drug-likeness (QED) is 0.855. The highest BCUT2D eigenvalue weighted by Gasteiger charge is 2.26.